The Kier molecular flexibility index (Phi) is 10.8. The van der Waals surface area contributed by atoms with Crippen LogP contribution >= 0.6 is 23.2 Å². The number of piperidine rings is 1. The Balaban J connectivity index is 0.000000591. The van der Waals surface area contributed by atoms with Crippen molar-refractivity contribution in [2.45, 2.75) is 70.3 Å². The van der Waals surface area contributed by atoms with Gasteiger partial charge in [-0.2, -0.15) is 23.5 Å². The third-order valence-corrected chi connectivity index (χ3v) is 8.84. The number of hydrogen-bond acceptors (Lipinski definition) is 8. The van der Waals surface area contributed by atoms with Crippen LogP contribution in [0.2, 0.25) is 10.0 Å². The van der Waals surface area contributed by atoms with Gasteiger partial charge in [-0.3, -0.25) is 9.69 Å². The maximum absolute atomic E-state index is 11.3. The Hall–Kier alpha value is -3.67. The number of likely N-dealkylation sites (tertiary alicyclic amines) is 1. The van der Waals surface area contributed by atoms with Crippen LogP contribution in [-0.4, -0.2) is 79.5 Å². The summed E-state index contributed by atoms with van der Waals surface area (Å²) in [5.41, 5.74) is 7.52. The molecular formula is C29H33Cl2F3N8O3. The van der Waals surface area contributed by atoms with Gasteiger partial charge in [-0.15, -0.1) is 0 Å². The molecule has 0 spiro atoms. The number of carbonyl (C=O) groups excluding carboxylic acids is 1. The zero-order chi connectivity index (χ0) is 33.1. The lowest BCUT2D eigenvalue weighted by Gasteiger charge is -2.43. The lowest BCUT2D eigenvalue weighted by atomic mass is 9.91. The first-order valence-corrected chi connectivity index (χ1v) is 15.2. The molecule has 1 unspecified atom stereocenters. The third kappa shape index (κ3) is 7.95. The number of aromatic nitrogens is 4. The van der Waals surface area contributed by atoms with Crippen LogP contribution < -0.4 is 10.6 Å². The fourth-order valence-corrected chi connectivity index (χ4v) is 6.68. The summed E-state index contributed by atoms with van der Waals surface area (Å²) in [6.45, 7) is 7.03. The number of hydrogen-bond donors (Lipinski definition) is 2. The first-order chi connectivity index (χ1) is 21.2. The van der Waals surface area contributed by atoms with Gasteiger partial charge in [0.15, 0.2) is 11.3 Å². The molecular weight excluding hydrogens is 636 g/mol. The summed E-state index contributed by atoms with van der Waals surface area (Å²) in [5, 5.41) is 22.4. The van der Waals surface area contributed by atoms with Crippen LogP contribution in [0.15, 0.2) is 24.4 Å². The van der Waals surface area contributed by atoms with E-state index in [1.807, 2.05) is 13.0 Å². The fourth-order valence-electron chi connectivity index (χ4n) is 6.12. The monoisotopic (exact) mass is 668 g/mol. The number of anilines is 1. The molecule has 2 aliphatic rings. The van der Waals surface area contributed by atoms with Gasteiger partial charge in [-0.1, -0.05) is 36.2 Å². The number of carbonyl (C=O) groups is 2. The van der Waals surface area contributed by atoms with Crippen molar-refractivity contribution in [1.29, 1.82) is 5.26 Å². The molecule has 2 aliphatic heterocycles. The average molecular weight is 670 g/mol. The van der Waals surface area contributed by atoms with Gasteiger partial charge in [-0.05, 0) is 62.8 Å². The van der Waals surface area contributed by atoms with Crippen molar-refractivity contribution in [1.82, 2.24) is 24.6 Å². The van der Waals surface area contributed by atoms with Crippen molar-refractivity contribution in [2.24, 2.45) is 11.7 Å². The highest BCUT2D eigenvalue weighted by Crippen LogP contribution is 2.34. The summed E-state index contributed by atoms with van der Waals surface area (Å²) >= 11 is 12.6. The summed E-state index contributed by atoms with van der Waals surface area (Å²) in [4.78, 5) is 34.7. The zero-order valence-corrected chi connectivity index (χ0v) is 26.1. The van der Waals surface area contributed by atoms with Crippen molar-refractivity contribution in [3.63, 3.8) is 0 Å². The minimum absolute atomic E-state index is 0.222. The molecule has 0 radical (unpaired) electrons. The van der Waals surface area contributed by atoms with Crippen LogP contribution in [-0.2, 0) is 9.59 Å². The van der Waals surface area contributed by atoms with Crippen LogP contribution in [0.4, 0.5) is 19.0 Å². The molecule has 16 heteroatoms. The van der Waals surface area contributed by atoms with Gasteiger partial charge in [0, 0.05) is 41.6 Å². The highest BCUT2D eigenvalue weighted by Gasteiger charge is 2.38. The Morgan fingerprint density at radius 2 is 1.96 bits per heavy atom. The second-order valence-electron chi connectivity index (χ2n) is 11.3. The van der Waals surface area contributed by atoms with Crippen LogP contribution in [0, 0.1) is 17.2 Å². The van der Waals surface area contributed by atoms with Crippen molar-refractivity contribution in [3.8, 4) is 6.07 Å². The summed E-state index contributed by atoms with van der Waals surface area (Å²) in [6.07, 6.45) is 1.25. The number of amides is 1. The predicted molar refractivity (Wildman–Crippen MR) is 162 cm³/mol. The SMILES string of the molecule is C[C@@H]1CN(c2cnc3c(C#N)nn([C@H](C)c4ccc(Cl)cc4Cl)c3n2)CC[C@@H]1N1CCCC1CCC(N)=O.O=C(O)C(F)(F)F. The van der Waals surface area contributed by atoms with E-state index in [1.54, 1.807) is 23.0 Å². The number of nitriles is 1. The van der Waals surface area contributed by atoms with Gasteiger partial charge in [0.05, 0.1) is 12.2 Å². The number of benzene rings is 1. The first kappa shape index (κ1) is 34.2. The smallest absolute Gasteiger partial charge is 0.475 e. The van der Waals surface area contributed by atoms with Crippen molar-refractivity contribution >= 4 is 52.1 Å². The molecule has 0 bridgehead atoms. The van der Waals surface area contributed by atoms with Crippen LogP contribution in [0.1, 0.15) is 63.3 Å². The lowest BCUT2D eigenvalue weighted by Crippen LogP contribution is -2.52. The minimum Gasteiger partial charge on any atom is -0.475 e. The maximum atomic E-state index is 11.3. The molecule has 1 amide bonds. The molecule has 3 N–H and O–H groups in total. The van der Waals surface area contributed by atoms with Crippen LogP contribution in [0.5, 0.6) is 0 Å². The standard InChI is InChI=1S/C27H32Cl2N8O.C2HF3O2/c1-16-15-35(11-9-23(16)36-10-3-4-19(36)6-8-24(31)38)25-14-32-26-22(13-30)34-37(27(26)33-25)17(2)20-7-5-18(28)12-21(20)29;3-2(4,5)1(6)7/h5,7,12,14,16-17,19,23H,3-4,6,8-11,15H2,1-2H3,(H2,31,38);(H,6,7)/t16-,17-,19?,23+;/m1./s1. The second-order valence-corrected chi connectivity index (χ2v) is 12.1. The number of carboxylic acid groups (broad SMARTS) is 1. The summed E-state index contributed by atoms with van der Waals surface area (Å²) in [6, 6.07) is 8.13. The highest BCUT2D eigenvalue weighted by molar-refractivity contribution is 6.35. The van der Waals surface area contributed by atoms with E-state index >= 15 is 0 Å². The first-order valence-electron chi connectivity index (χ1n) is 14.4. The van der Waals surface area contributed by atoms with E-state index in [9.17, 15) is 23.2 Å². The maximum Gasteiger partial charge on any atom is 0.490 e. The largest absolute Gasteiger partial charge is 0.490 e. The normalized spacial score (nSPS) is 21.2. The molecule has 2 fully saturated rings. The summed E-state index contributed by atoms with van der Waals surface area (Å²) in [7, 11) is 0. The number of halogens is 5. The zero-order valence-electron chi connectivity index (χ0n) is 24.6. The molecule has 4 heterocycles. The molecule has 0 saturated carbocycles. The number of alkyl halides is 3. The Labute approximate surface area is 267 Å². The molecule has 5 rings (SSSR count). The fraction of sp³-hybridized carbons (Fsp3) is 0.517. The van der Waals surface area contributed by atoms with Crippen molar-refractivity contribution in [2.75, 3.05) is 24.5 Å². The molecule has 2 saturated heterocycles. The number of carboxylic acids is 1. The van der Waals surface area contributed by atoms with Gasteiger partial charge >= 0.3 is 12.1 Å². The van der Waals surface area contributed by atoms with Gasteiger partial charge in [0.1, 0.15) is 17.4 Å². The molecule has 2 aromatic heterocycles. The van der Waals surface area contributed by atoms with Gasteiger partial charge in [0.2, 0.25) is 5.91 Å². The topological polar surface area (TPSA) is 154 Å². The second kappa shape index (κ2) is 14.2. The quantitative estimate of drug-likeness (QED) is 0.346. The van der Waals surface area contributed by atoms with E-state index in [2.05, 4.69) is 32.9 Å². The summed E-state index contributed by atoms with van der Waals surface area (Å²) < 4.78 is 33.5. The van der Waals surface area contributed by atoms with Gasteiger partial charge < -0.3 is 15.7 Å². The van der Waals surface area contributed by atoms with Crippen LogP contribution in [0.3, 0.4) is 0 Å². The van der Waals surface area contributed by atoms with E-state index < -0.39 is 12.1 Å². The van der Waals surface area contributed by atoms with E-state index in [1.165, 1.54) is 6.42 Å². The lowest BCUT2D eigenvalue weighted by molar-refractivity contribution is -0.192. The average Bonchev–Trinajstić information content (AvgIpc) is 3.59. The predicted octanol–water partition coefficient (Wildman–Crippen LogP) is 5.19. The van der Waals surface area contributed by atoms with E-state index in [4.69, 9.17) is 43.8 Å². The Bertz CT molecular complexity index is 1600. The van der Waals surface area contributed by atoms with Gasteiger partial charge in [-0.25, -0.2) is 19.4 Å². The molecule has 242 valence electrons. The number of primary amides is 1. The Morgan fingerprint density at radius 3 is 2.56 bits per heavy atom. The van der Waals surface area contributed by atoms with Gasteiger partial charge in [0.25, 0.3) is 0 Å². The number of nitrogens with two attached hydrogens (primary N) is 1. The van der Waals surface area contributed by atoms with Crippen LogP contribution in [0.25, 0.3) is 11.2 Å². The summed E-state index contributed by atoms with van der Waals surface area (Å²) in [5.74, 6) is -1.79. The molecule has 45 heavy (non-hydrogen) atoms. The Morgan fingerprint density at radius 1 is 1.24 bits per heavy atom. The van der Waals surface area contributed by atoms with E-state index in [0.29, 0.717) is 45.6 Å². The number of rotatable bonds is 7. The number of aliphatic carboxylic acids is 1. The molecule has 1 aromatic carbocycles. The third-order valence-electron chi connectivity index (χ3n) is 8.27. The molecule has 3 aromatic rings. The number of fused-ring (bicyclic) bond motifs is 1. The van der Waals surface area contributed by atoms with E-state index in [0.717, 1.165) is 50.3 Å². The van der Waals surface area contributed by atoms with Crippen molar-refractivity contribution in [3.05, 3.63) is 45.7 Å². The molecule has 11 nitrogen and oxygen atoms in total. The van der Waals surface area contributed by atoms with Crippen molar-refractivity contribution < 1.29 is 27.9 Å². The number of nitrogens with zero attached hydrogens (tertiary/aromatic N) is 7. The van der Waals surface area contributed by atoms with E-state index in [-0.39, 0.29) is 17.6 Å². The molecule has 0 aliphatic carbocycles. The highest BCUT2D eigenvalue weighted by atomic mass is 35.5. The molecule has 4 atom stereocenters. The minimum atomic E-state index is -5.08.